The number of fused-ring (bicyclic) bond motifs is 1. The first-order valence-electron chi connectivity index (χ1n) is 6.77. The molecule has 0 bridgehead atoms. The van der Waals surface area contributed by atoms with Crippen LogP contribution in [0, 0.1) is 0 Å². The summed E-state index contributed by atoms with van der Waals surface area (Å²) in [6.45, 7) is 9.30. The fraction of sp³-hybridized carbons (Fsp3) is 0.353. The fourth-order valence-electron chi connectivity index (χ4n) is 2.77. The third kappa shape index (κ3) is 2.41. The third-order valence-electron chi connectivity index (χ3n) is 3.73. The third-order valence-corrected chi connectivity index (χ3v) is 3.73. The van der Waals surface area contributed by atoms with Gasteiger partial charge in [0.1, 0.15) is 0 Å². The van der Waals surface area contributed by atoms with Crippen LogP contribution in [0.25, 0.3) is 0 Å². The zero-order valence-corrected chi connectivity index (χ0v) is 11.8. The van der Waals surface area contributed by atoms with Crippen molar-refractivity contribution in [2.24, 2.45) is 0 Å². The molecule has 0 aliphatic carbocycles. The highest BCUT2D eigenvalue weighted by Gasteiger charge is 2.43. The lowest BCUT2D eigenvalue weighted by Crippen LogP contribution is -2.28. The van der Waals surface area contributed by atoms with E-state index in [0.29, 0.717) is 0 Å². The van der Waals surface area contributed by atoms with E-state index in [4.69, 9.17) is 5.11 Å². The smallest absolute Gasteiger partial charge is 0.209 e. The molecule has 0 unspecified atom stereocenters. The zero-order chi connectivity index (χ0) is 13.9. The molecule has 2 rings (SSSR count). The second kappa shape index (κ2) is 5.54. The van der Waals surface area contributed by atoms with Crippen LogP contribution in [0.2, 0.25) is 0 Å². The van der Waals surface area contributed by atoms with Crippen molar-refractivity contribution < 1.29 is 9.68 Å². The summed E-state index contributed by atoms with van der Waals surface area (Å²) in [4.78, 5) is 0. The van der Waals surface area contributed by atoms with Gasteiger partial charge >= 0.3 is 0 Å². The number of benzene rings is 1. The number of hydrogen-bond donors (Lipinski definition) is 1. The van der Waals surface area contributed by atoms with E-state index in [2.05, 4.69) is 55.3 Å². The molecule has 0 fully saturated rings. The first kappa shape index (κ1) is 13.8. The van der Waals surface area contributed by atoms with E-state index in [1.165, 1.54) is 17.0 Å². The first-order chi connectivity index (χ1) is 9.12. The van der Waals surface area contributed by atoms with Gasteiger partial charge in [-0.05, 0) is 13.8 Å². The summed E-state index contributed by atoms with van der Waals surface area (Å²) in [7, 11) is 0. The minimum absolute atomic E-state index is 0.00837. The molecule has 0 amide bonds. The monoisotopic (exact) mass is 256 g/mol. The van der Waals surface area contributed by atoms with Crippen molar-refractivity contribution >= 4 is 11.4 Å². The zero-order valence-electron chi connectivity index (χ0n) is 11.8. The second-order valence-corrected chi connectivity index (χ2v) is 5.35. The largest absolute Gasteiger partial charge is 0.396 e. The minimum atomic E-state index is -0.00837. The maximum atomic E-state index is 9.10. The van der Waals surface area contributed by atoms with Gasteiger partial charge in [0, 0.05) is 30.7 Å². The van der Waals surface area contributed by atoms with Crippen molar-refractivity contribution in [3.05, 3.63) is 54.6 Å². The summed E-state index contributed by atoms with van der Waals surface area (Å²) in [5.74, 6) is 0. The van der Waals surface area contributed by atoms with Gasteiger partial charge in [-0.3, -0.25) is 0 Å². The van der Waals surface area contributed by atoms with Crippen molar-refractivity contribution in [3.8, 4) is 0 Å². The van der Waals surface area contributed by atoms with Gasteiger partial charge < -0.3 is 5.11 Å². The second-order valence-electron chi connectivity index (χ2n) is 5.35. The Morgan fingerprint density at radius 2 is 2.05 bits per heavy atom. The SMILES string of the molecule is C=C/C=C/C1=[N+](CCCO)c2ccccc2C1(C)C. The molecule has 1 aromatic carbocycles. The number of hydrogen-bond acceptors (Lipinski definition) is 1. The highest BCUT2D eigenvalue weighted by atomic mass is 16.3. The molecule has 0 radical (unpaired) electrons. The molecule has 19 heavy (non-hydrogen) atoms. The van der Waals surface area contributed by atoms with Crippen LogP contribution in [0.5, 0.6) is 0 Å². The highest BCUT2D eigenvalue weighted by Crippen LogP contribution is 2.39. The van der Waals surface area contributed by atoms with Gasteiger partial charge in [0.15, 0.2) is 12.3 Å². The lowest BCUT2D eigenvalue weighted by molar-refractivity contribution is -0.438. The molecule has 0 saturated carbocycles. The number of aliphatic hydroxyl groups excluding tert-OH is 1. The summed E-state index contributed by atoms with van der Waals surface area (Å²) >= 11 is 0. The molecule has 1 aliphatic heterocycles. The predicted octanol–water partition coefficient (Wildman–Crippen LogP) is 3.19. The van der Waals surface area contributed by atoms with E-state index >= 15 is 0 Å². The predicted molar refractivity (Wildman–Crippen MR) is 80.3 cm³/mol. The van der Waals surface area contributed by atoms with Crippen molar-refractivity contribution in [2.75, 3.05) is 13.2 Å². The minimum Gasteiger partial charge on any atom is -0.396 e. The van der Waals surface area contributed by atoms with E-state index in [1.807, 2.05) is 6.08 Å². The normalized spacial score (nSPS) is 17.0. The van der Waals surface area contributed by atoms with Crippen molar-refractivity contribution in [2.45, 2.75) is 25.7 Å². The maximum Gasteiger partial charge on any atom is 0.209 e. The summed E-state index contributed by atoms with van der Waals surface area (Å²) < 4.78 is 2.31. The standard InChI is InChI=1S/C17H22NO/c1-4-5-11-16-17(2,3)14-9-6-7-10-15(14)18(16)12-8-13-19/h4-7,9-11,19H,1,8,12-13H2,2-3H3/q+1/b11-5+. The average molecular weight is 256 g/mol. The summed E-state index contributed by atoms with van der Waals surface area (Å²) in [6.07, 6.45) is 6.69. The van der Waals surface area contributed by atoms with Gasteiger partial charge in [-0.2, -0.15) is 4.58 Å². The van der Waals surface area contributed by atoms with E-state index in [1.54, 1.807) is 6.08 Å². The van der Waals surface area contributed by atoms with Crippen LogP contribution < -0.4 is 0 Å². The van der Waals surface area contributed by atoms with Crippen LogP contribution in [0.1, 0.15) is 25.8 Å². The van der Waals surface area contributed by atoms with Gasteiger partial charge in [0.05, 0.1) is 5.41 Å². The molecule has 1 aromatic rings. The molecule has 0 aromatic heterocycles. The summed E-state index contributed by atoms with van der Waals surface area (Å²) in [5.41, 5.74) is 3.86. The molecule has 1 aliphatic rings. The Labute approximate surface area is 115 Å². The lowest BCUT2D eigenvalue weighted by Gasteiger charge is -2.15. The summed E-state index contributed by atoms with van der Waals surface area (Å²) in [5, 5.41) is 9.10. The van der Waals surface area contributed by atoms with Crippen molar-refractivity contribution in [3.63, 3.8) is 0 Å². The number of nitrogens with zero attached hydrogens (tertiary/aromatic N) is 1. The Kier molecular flexibility index (Phi) is 4.01. The maximum absolute atomic E-state index is 9.10. The molecule has 0 spiro atoms. The van der Waals surface area contributed by atoms with E-state index in [9.17, 15) is 0 Å². The number of rotatable bonds is 5. The highest BCUT2D eigenvalue weighted by molar-refractivity contribution is 6.03. The molecule has 2 nitrogen and oxygen atoms in total. The quantitative estimate of drug-likeness (QED) is 0.634. The number of para-hydroxylation sites is 1. The van der Waals surface area contributed by atoms with E-state index in [0.717, 1.165) is 13.0 Å². The van der Waals surface area contributed by atoms with Gasteiger partial charge in [-0.1, -0.05) is 36.9 Å². The van der Waals surface area contributed by atoms with Gasteiger partial charge in [0.2, 0.25) is 5.69 Å². The molecule has 0 atom stereocenters. The fourth-order valence-corrected chi connectivity index (χ4v) is 2.77. The Bertz CT molecular complexity index is 538. The first-order valence-corrected chi connectivity index (χ1v) is 6.77. The van der Waals surface area contributed by atoms with Crippen molar-refractivity contribution in [1.29, 1.82) is 0 Å². The Hall–Kier alpha value is -1.67. The van der Waals surface area contributed by atoms with Crippen LogP contribution in [-0.2, 0) is 5.41 Å². The lowest BCUT2D eigenvalue weighted by atomic mass is 9.81. The molecular formula is C17H22NO+. The van der Waals surface area contributed by atoms with Crippen LogP contribution in [0.3, 0.4) is 0 Å². The molecular weight excluding hydrogens is 234 g/mol. The Morgan fingerprint density at radius 3 is 2.74 bits per heavy atom. The summed E-state index contributed by atoms with van der Waals surface area (Å²) in [6, 6.07) is 8.51. The molecule has 1 heterocycles. The molecule has 100 valence electrons. The average Bonchev–Trinajstić information content (AvgIpc) is 2.62. The number of allylic oxidation sites excluding steroid dienone is 3. The van der Waals surface area contributed by atoms with Crippen LogP contribution in [0.4, 0.5) is 5.69 Å². The van der Waals surface area contributed by atoms with E-state index < -0.39 is 0 Å². The molecule has 0 saturated heterocycles. The van der Waals surface area contributed by atoms with Gasteiger partial charge in [-0.15, -0.1) is 0 Å². The Balaban J connectivity index is 2.54. The van der Waals surface area contributed by atoms with E-state index in [-0.39, 0.29) is 12.0 Å². The Morgan fingerprint density at radius 1 is 1.32 bits per heavy atom. The topological polar surface area (TPSA) is 23.2 Å². The van der Waals surface area contributed by atoms with Gasteiger partial charge in [0.25, 0.3) is 0 Å². The number of aliphatic hydroxyl groups is 1. The van der Waals surface area contributed by atoms with Crippen LogP contribution in [-0.4, -0.2) is 28.5 Å². The van der Waals surface area contributed by atoms with Gasteiger partial charge in [-0.25, -0.2) is 0 Å². The van der Waals surface area contributed by atoms with Crippen LogP contribution >= 0.6 is 0 Å². The molecule has 2 heteroatoms. The van der Waals surface area contributed by atoms with Crippen molar-refractivity contribution in [1.82, 2.24) is 0 Å². The van der Waals surface area contributed by atoms with Crippen LogP contribution in [0.15, 0.2) is 49.1 Å². The molecule has 1 N–H and O–H groups in total.